The van der Waals surface area contributed by atoms with Gasteiger partial charge in [-0.1, -0.05) is 23.7 Å². The Labute approximate surface area is 164 Å². The minimum atomic E-state index is -0.547. The second-order valence-electron chi connectivity index (χ2n) is 5.86. The predicted molar refractivity (Wildman–Crippen MR) is 104 cm³/mol. The maximum Gasteiger partial charge on any atom is 0.271 e. The molecule has 1 heterocycles. The Balaban J connectivity index is 1.65. The van der Waals surface area contributed by atoms with Crippen LogP contribution in [-0.4, -0.2) is 34.4 Å². The van der Waals surface area contributed by atoms with E-state index in [1.54, 1.807) is 23.3 Å². The van der Waals surface area contributed by atoms with Crippen LogP contribution in [0.5, 0.6) is 5.75 Å². The second kappa shape index (κ2) is 7.89. The molecule has 9 heteroatoms. The normalized spacial score (nSPS) is 12.0. The number of non-ortho nitro benzene ring substituents is 1. The third-order valence-corrected chi connectivity index (χ3v) is 5.62. The summed E-state index contributed by atoms with van der Waals surface area (Å²) in [6.45, 7) is 1.66. The van der Waals surface area contributed by atoms with E-state index in [1.807, 2.05) is 31.2 Å². The van der Waals surface area contributed by atoms with E-state index in [9.17, 15) is 14.9 Å². The van der Waals surface area contributed by atoms with E-state index in [1.165, 1.54) is 18.2 Å². The Hall–Kier alpha value is -2.71. The second-order valence-corrected chi connectivity index (χ2v) is 7.33. The van der Waals surface area contributed by atoms with Gasteiger partial charge in [0, 0.05) is 19.2 Å². The Kier molecular flexibility index (Phi) is 5.57. The van der Waals surface area contributed by atoms with E-state index in [4.69, 9.17) is 16.3 Å². The van der Waals surface area contributed by atoms with Crippen molar-refractivity contribution in [1.82, 2.24) is 9.88 Å². The molecule has 3 rings (SSSR count). The highest BCUT2D eigenvalue weighted by Crippen LogP contribution is 2.30. The summed E-state index contributed by atoms with van der Waals surface area (Å²) in [4.78, 5) is 28.8. The Bertz CT molecular complexity index is 974. The minimum absolute atomic E-state index is 0.0823. The highest BCUT2D eigenvalue weighted by molar-refractivity contribution is 7.18. The first-order chi connectivity index (χ1) is 12.9. The summed E-state index contributed by atoms with van der Waals surface area (Å²) in [6.07, 6.45) is 0. The number of aromatic nitrogens is 1. The highest BCUT2D eigenvalue weighted by atomic mass is 35.5. The van der Waals surface area contributed by atoms with Gasteiger partial charge in [0.05, 0.1) is 26.2 Å². The summed E-state index contributed by atoms with van der Waals surface area (Å²) in [5.74, 6) is -0.0344. The van der Waals surface area contributed by atoms with Gasteiger partial charge in [0.15, 0.2) is 6.61 Å². The van der Waals surface area contributed by atoms with Crippen molar-refractivity contribution in [2.24, 2.45) is 0 Å². The van der Waals surface area contributed by atoms with Crippen LogP contribution >= 0.6 is 22.9 Å². The van der Waals surface area contributed by atoms with Crippen molar-refractivity contribution in [3.63, 3.8) is 0 Å². The number of amides is 1. The number of likely N-dealkylation sites (N-methyl/N-ethyl adjacent to an activating group) is 1. The molecule has 0 aliphatic carbocycles. The number of rotatable bonds is 6. The summed E-state index contributed by atoms with van der Waals surface area (Å²) in [6, 6.07) is 11.4. The third-order valence-electron chi connectivity index (χ3n) is 4.12. The average Bonchev–Trinajstić information content (AvgIpc) is 3.09. The van der Waals surface area contributed by atoms with Crippen molar-refractivity contribution < 1.29 is 14.5 Å². The maximum atomic E-state index is 12.5. The molecule has 0 saturated heterocycles. The number of fused-ring (bicyclic) bond motifs is 1. The van der Waals surface area contributed by atoms with E-state index >= 15 is 0 Å². The first-order valence-corrected chi connectivity index (χ1v) is 9.24. The van der Waals surface area contributed by atoms with Gasteiger partial charge in [-0.25, -0.2) is 4.98 Å². The lowest BCUT2D eigenvalue weighted by Gasteiger charge is -2.23. The molecule has 0 spiro atoms. The molecule has 27 heavy (non-hydrogen) atoms. The van der Waals surface area contributed by atoms with Crippen LogP contribution < -0.4 is 4.74 Å². The van der Waals surface area contributed by atoms with Gasteiger partial charge in [-0.15, -0.1) is 11.3 Å². The summed E-state index contributed by atoms with van der Waals surface area (Å²) >= 11 is 7.52. The van der Waals surface area contributed by atoms with Crippen molar-refractivity contribution in [2.45, 2.75) is 13.0 Å². The predicted octanol–water partition coefficient (Wildman–Crippen LogP) is 4.46. The van der Waals surface area contributed by atoms with E-state index in [0.717, 1.165) is 15.2 Å². The largest absolute Gasteiger partial charge is 0.482 e. The zero-order valence-electron chi connectivity index (χ0n) is 14.6. The van der Waals surface area contributed by atoms with Crippen LogP contribution in [0, 0.1) is 10.1 Å². The van der Waals surface area contributed by atoms with Crippen LogP contribution in [0.25, 0.3) is 10.2 Å². The molecule has 1 amide bonds. The Morgan fingerprint density at radius 3 is 2.78 bits per heavy atom. The zero-order valence-corrected chi connectivity index (χ0v) is 16.2. The Morgan fingerprint density at radius 1 is 1.37 bits per heavy atom. The van der Waals surface area contributed by atoms with Crippen molar-refractivity contribution in [1.29, 1.82) is 0 Å². The smallest absolute Gasteiger partial charge is 0.271 e. The summed E-state index contributed by atoms with van der Waals surface area (Å²) in [7, 11) is 1.68. The maximum absolute atomic E-state index is 12.5. The number of carbonyl (C=O) groups is 1. The van der Waals surface area contributed by atoms with Gasteiger partial charge in [0.1, 0.15) is 10.8 Å². The number of hydrogen-bond donors (Lipinski definition) is 0. The number of hydrogen-bond acceptors (Lipinski definition) is 6. The highest BCUT2D eigenvalue weighted by Gasteiger charge is 2.21. The summed E-state index contributed by atoms with van der Waals surface area (Å²) in [5.41, 5.74) is 0.763. The van der Waals surface area contributed by atoms with Crippen molar-refractivity contribution in [2.75, 3.05) is 13.7 Å². The molecule has 0 N–H and O–H groups in total. The number of nitro benzene ring substituents is 1. The zero-order chi connectivity index (χ0) is 19.6. The number of ether oxygens (including phenoxy) is 1. The van der Waals surface area contributed by atoms with Crippen molar-refractivity contribution >= 4 is 44.7 Å². The number of para-hydroxylation sites is 1. The molecule has 1 atom stereocenters. The lowest BCUT2D eigenvalue weighted by Crippen LogP contribution is -2.33. The van der Waals surface area contributed by atoms with Crippen molar-refractivity contribution in [3.8, 4) is 5.75 Å². The van der Waals surface area contributed by atoms with Crippen LogP contribution in [0.15, 0.2) is 42.5 Å². The molecule has 0 unspecified atom stereocenters. The molecule has 0 bridgehead atoms. The fraction of sp³-hybridized carbons (Fsp3) is 0.222. The van der Waals surface area contributed by atoms with Crippen LogP contribution in [0.4, 0.5) is 5.69 Å². The quantitative estimate of drug-likeness (QED) is 0.446. The molecule has 3 aromatic rings. The molecule has 0 aliphatic rings. The van der Waals surface area contributed by atoms with Gasteiger partial charge in [0.2, 0.25) is 0 Å². The van der Waals surface area contributed by atoms with Gasteiger partial charge < -0.3 is 9.64 Å². The van der Waals surface area contributed by atoms with E-state index < -0.39 is 4.92 Å². The fourth-order valence-electron chi connectivity index (χ4n) is 2.41. The molecule has 1 aromatic heterocycles. The van der Waals surface area contributed by atoms with Crippen molar-refractivity contribution in [3.05, 3.63) is 62.6 Å². The van der Waals surface area contributed by atoms with Crippen LogP contribution in [-0.2, 0) is 4.79 Å². The van der Waals surface area contributed by atoms with Gasteiger partial charge in [-0.05, 0) is 25.1 Å². The lowest BCUT2D eigenvalue weighted by molar-refractivity contribution is -0.384. The topological polar surface area (TPSA) is 85.6 Å². The number of carbonyl (C=O) groups excluding carboxylic acids is 1. The van der Waals surface area contributed by atoms with E-state index in [2.05, 4.69) is 4.98 Å². The molecule has 7 nitrogen and oxygen atoms in total. The molecule has 0 aliphatic heterocycles. The molecular weight excluding hydrogens is 390 g/mol. The van der Waals surface area contributed by atoms with E-state index in [0.29, 0.717) is 0 Å². The van der Waals surface area contributed by atoms with Crippen LogP contribution in [0.2, 0.25) is 5.02 Å². The first kappa shape index (κ1) is 19.1. The van der Waals surface area contributed by atoms with Crippen LogP contribution in [0.1, 0.15) is 18.0 Å². The molecule has 2 aromatic carbocycles. The average molecular weight is 406 g/mol. The number of benzene rings is 2. The fourth-order valence-corrected chi connectivity index (χ4v) is 3.70. The molecule has 0 saturated carbocycles. The number of nitrogens with zero attached hydrogens (tertiary/aromatic N) is 3. The SMILES string of the molecule is C[C@H](c1nc2ccccc2s1)N(C)C(=O)COc1ccc([N+](=O)[O-])cc1Cl. The number of halogens is 1. The standard InChI is InChI=1S/C18H16ClN3O4S/c1-11(18-20-14-5-3-4-6-16(14)27-18)21(2)17(23)10-26-15-8-7-12(22(24)25)9-13(15)19/h3-9,11H,10H2,1-2H3/t11-/m1/s1. The molecular formula is C18H16ClN3O4S. The Morgan fingerprint density at radius 2 is 2.11 bits per heavy atom. The first-order valence-electron chi connectivity index (χ1n) is 8.04. The van der Waals surface area contributed by atoms with Gasteiger partial charge >= 0.3 is 0 Å². The number of thiazole rings is 1. The molecule has 0 fully saturated rings. The number of nitro groups is 1. The summed E-state index contributed by atoms with van der Waals surface area (Å²) in [5, 5.41) is 11.7. The van der Waals surface area contributed by atoms with Gasteiger partial charge in [0.25, 0.3) is 11.6 Å². The van der Waals surface area contributed by atoms with Gasteiger partial charge in [-0.3, -0.25) is 14.9 Å². The van der Waals surface area contributed by atoms with Crippen LogP contribution in [0.3, 0.4) is 0 Å². The monoisotopic (exact) mass is 405 g/mol. The molecule has 140 valence electrons. The van der Waals surface area contributed by atoms with E-state index in [-0.39, 0.29) is 35.0 Å². The summed E-state index contributed by atoms with van der Waals surface area (Å²) < 4.78 is 6.50. The minimum Gasteiger partial charge on any atom is -0.482 e. The van der Waals surface area contributed by atoms with Gasteiger partial charge in [-0.2, -0.15) is 0 Å². The third kappa shape index (κ3) is 4.17. The lowest BCUT2D eigenvalue weighted by atomic mass is 10.3. The molecule has 0 radical (unpaired) electrons.